The molecular weight excluding hydrogens is 477 g/mol. The Morgan fingerprint density at radius 3 is 1.07 bits per heavy atom. The summed E-state index contributed by atoms with van der Waals surface area (Å²) in [5.41, 5.74) is 0. The minimum absolute atomic E-state index is 0.0287. The normalized spacial score (nSPS) is 11.1. The van der Waals surface area contributed by atoms with Gasteiger partial charge in [-0.15, -0.1) is 0 Å². The van der Waals surface area contributed by atoms with E-state index in [1.807, 2.05) is 0 Å². The van der Waals surface area contributed by atoms with E-state index in [1.54, 1.807) is 0 Å². The molecule has 0 bridgehead atoms. The van der Waals surface area contributed by atoms with E-state index in [9.17, 15) is 0 Å². The minimum atomic E-state index is 0.0287. The van der Waals surface area contributed by atoms with E-state index in [4.69, 9.17) is 0 Å². The molecule has 2 rings (SSSR count). The van der Waals surface area contributed by atoms with Crippen molar-refractivity contribution in [2.24, 2.45) is 0 Å². The van der Waals surface area contributed by atoms with Crippen molar-refractivity contribution in [3.8, 4) is 0 Å². The van der Waals surface area contributed by atoms with Crippen LogP contribution >= 0.6 is 0 Å². The Kier molecular flexibility index (Phi) is 16.1. The monoisotopic (exact) mass is 523 g/mol. The third-order valence-electron chi connectivity index (χ3n) is 5.63. The molecule has 0 spiro atoms. The van der Waals surface area contributed by atoms with Crippen molar-refractivity contribution in [2.45, 2.75) is 79.1 Å². The summed E-state index contributed by atoms with van der Waals surface area (Å²) in [7, 11) is 0. The van der Waals surface area contributed by atoms with Gasteiger partial charge >= 0.3 is 21.2 Å². The van der Waals surface area contributed by atoms with E-state index in [-0.39, 0.29) is 21.2 Å². The maximum Gasteiger partial charge on any atom is 0.357 e. The first kappa shape index (κ1) is 27.2. The summed E-state index contributed by atoms with van der Waals surface area (Å²) >= 11 is 0.0287. The van der Waals surface area contributed by atoms with Crippen molar-refractivity contribution in [3.63, 3.8) is 0 Å². The SMILES string of the molecule is CCCC[N+](CCCC)(CCCC)CCCC.c1ccc([I+]c2ccccc2)cc1. The molecule has 0 aliphatic rings. The van der Waals surface area contributed by atoms with Crippen molar-refractivity contribution in [1.82, 2.24) is 0 Å². The average molecular weight is 524 g/mol. The van der Waals surface area contributed by atoms with Crippen LogP contribution in [-0.2, 0) is 0 Å². The fourth-order valence-corrected chi connectivity index (χ4v) is 5.99. The summed E-state index contributed by atoms with van der Waals surface area (Å²) in [5, 5.41) is 0. The molecule has 0 aliphatic heterocycles. The number of quaternary nitrogens is 1. The predicted octanol–water partition coefficient (Wildman–Crippen LogP) is 4.82. The highest BCUT2D eigenvalue weighted by atomic mass is 127. The summed E-state index contributed by atoms with van der Waals surface area (Å²) in [6, 6.07) is 21.4. The van der Waals surface area contributed by atoms with Crippen molar-refractivity contribution < 1.29 is 25.7 Å². The van der Waals surface area contributed by atoms with Gasteiger partial charge in [-0.05, 0) is 49.9 Å². The van der Waals surface area contributed by atoms with Crippen LogP contribution in [0.5, 0.6) is 0 Å². The van der Waals surface area contributed by atoms with E-state index < -0.39 is 0 Å². The van der Waals surface area contributed by atoms with Gasteiger partial charge in [-0.1, -0.05) is 89.8 Å². The molecule has 0 aromatic heterocycles. The molecule has 1 nitrogen and oxygen atoms in total. The lowest BCUT2D eigenvalue weighted by Crippen LogP contribution is -3.61. The number of rotatable bonds is 14. The quantitative estimate of drug-likeness (QED) is 0.246. The van der Waals surface area contributed by atoms with Gasteiger partial charge in [0.05, 0.1) is 26.2 Å². The molecule has 0 radical (unpaired) electrons. The maximum absolute atomic E-state index is 2.33. The fourth-order valence-electron chi connectivity index (χ4n) is 3.73. The topological polar surface area (TPSA) is 0 Å². The molecular formula is C28H46IN+2. The van der Waals surface area contributed by atoms with Crippen molar-refractivity contribution in [3.05, 3.63) is 67.8 Å². The van der Waals surface area contributed by atoms with Gasteiger partial charge in [0, 0.05) is 0 Å². The van der Waals surface area contributed by atoms with Crippen LogP contribution in [0.2, 0.25) is 0 Å². The lowest BCUT2D eigenvalue weighted by molar-refractivity contribution is -0.929. The third kappa shape index (κ3) is 12.1. The van der Waals surface area contributed by atoms with Gasteiger partial charge < -0.3 is 4.48 Å². The number of hydrogen-bond donors (Lipinski definition) is 0. The lowest BCUT2D eigenvalue weighted by Gasteiger charge is -2.39. The van der Waals surface area contributed by atoms with Gasteiger partial charge in [-0.2, -0.15) is 0 Å². The van der Waals surface area contributed by atoms with Crippen LogP contribution in [0, 0.1) is 7.14 Å². The van der Waals surface area contributed by atoms with Crippen LogP contribution in [0.4, 0.5) is 0 Å². The van der Waals surface area contributed by atoms with E-state index in [2.05, 4.69) is 88.4 Å². The van der Waals surface area contributed by atoms with Gasteiger partial charge in [0.1, 0.15) is 0 Å². The summed E-state index contributed by atoms with van der Waals surface area (Å²) in [6.45, 7) is 15.0. The molecule has 0 aliphatic carbocycles. The van der Waals surface area contributed by atoms with E-state index in [1.165, 1.54) is 89.2 Å². The van der Waals surface area contributed by atoms with Gasteiger partial charge in [-0.3, -0.25) is 0 Å². The lowest BCUT2D eigenvalue weighted by atomic mass is 10.1. The predicted molar refractivity (Wildman–Crippen MR) is 130 cm³/mol. The zero-order valence-electron chi connectivity index (χ0n) is 20.1. The highest BCUT2D eigenvalue weighted by Crippen LogP contribution is 2.16. The number of unbranched alkanes of at least 4 members (excludes halogenated alkanes) is 4. The smallest absolute Gasteiger partial charge is 0.324 e. The molecule has 168 valence electrons. The standard InChI is InChI=1S/C16H36N.C12H10I/c1-5-9-13-17(14-10-6-2,15-11-7-3)16-12-8-4;1-3-7-11(8-4-1)13-12-9-5-2-6-10-12/h5-16H2,1-4H3;1-10H/q2*+1. The van der Waals surface area contributed by atoms with Crippen LogP contribution in [-0.4, -0.2) is 30.7 Å². The van der Waals surface area contributed by atoms with Crippen LogP contribution in [0.25, 0.3) is 0 Å². The third-order valence-corrected chi connectivity index (χ3v) is 8.31. The maximum atomic E-state index is 2.33. The second-order valence-electron chi connectivity index (χ2n) is 8.34. The largest absolute Gasteiger partial charge is 0.357 e. The Morgan fingerprint density at radius 1 is 0.500 bits per heavy atom. The first-order valence-electron chi connectivity index (χ1n) is 12.3. The molecule has 0 atom stereocenters. The summed E-state index contributed by atoms with van der Waals surface area (Å²) in [6.07, 6.45) is 11.1. The van der Waals surface area contributed by atoms with Gasteiger partial charge in [-0.25, -0.2) is 0 Å². The fraction of sp³-hybridized carbons (Fsp3) is 0.571. The van der Waals surface area contributed by atoms with Crippen molar-refractivity contribution in [2.75, 3.05) is 26.2 Å². The summed E-state index contributed by atoms with van der Waals surface area (Å²) < 4.78 is 4.38. The molecule has 2 aromatic rings. The average Bonchev–Trinajstić information content (AvgIpc) is 2.80. The first-order valence-corrected chi connectivity index (χ1v) is 14.5. The zero-order valence-corrected chi connectivity index (χ0v) is 22.2. The molecule has 2 heteroatoms. The molecule has 2 aromatic carbocycles. The van der Waals surface area contributed by atoms with E-state index in [0.29, 0.717) is 0 Å². The van der Waals surface area contributed by atoms with E-state index >= 15 is 0 Å². The number of halogens is 1. The zero-order chi connectivity index (χ0) is 21.9. The Hall–Kier alpha value is -0.870. The second-order valence-corrected chi connectivity index (χ2v) is 11.4. The molecule has 0 amide bonds. The minimum Gasteiger partial charge on any atom is -0.324 e. The first-order chi connectivity index (χ1) is 14.7. The summed E-state index contributed by atoms with van der Waals surface area (Å²) in [4.78, 5) is 0. The molecule has 0 saturated carbocycles. The van der Waals surface area contributed by atoms with Crippen LogP contribution in [0.15, 0.2) is 60.7 Å². The van der Waals surface area contributed by atoms with Crippen LogP contribution in [0.1, 0.15) is 79.1 Å². The van der Waals surface area contributed by atoms with Gasteiger partial charge in [0.15, 0.2) is 7.14 Å². The molecule has 0 fully saturated rings. The Balaban J connectivity index is 0.000000308. The molecule has 0 saturated heterocycles. The number of hydrogen-bond acceptors (Lipinski definition) is 0. The van der Waals surface area contributed by atoms with Gasteiger partial charge in [0.2, 0.25) is 0 Å². The van der Waals surface area contributed by atoms with Crippen LogP contribution in [0.3, 0.4) is 0 Å². The Labute approximate surface area is 198 Å². The van der Waals surface area contributed by atoms with Crippen molar-refractivity contribution in [1.29, 1.82) is 0 Å². The molecule has 0 heterocycles. The Bertz CT molecular complexity index is 536. The highest BCUT2D eigenvalue weighted by Gasteiger charge is 2.24. The van der Waals surface area contributed by atoms with Gasteiger partial charge in [0.25, 0.3) is 0 Å². The van der Waals surface area contributed by atoms with E-state index in [0.717, 1.165) is 0 Å². The summed E-state index contributed by atoms with van der Waals surface area (Å²) in [5.74, 6) is 0. The molecule has 0 N–H and O–H groups in total. The number of nitrogens with zero attached hydrogens (tertiary/aromatic N) is 1. The van der Waals surface area contributed by atoms with Crippen LogP contribution < -0.4 is 21.2 Å². The second kappa shape index (κ2) is 17.8. The molecule has 30 heavy (non-hydrogen) atoms. The number of benzene rings is 2. The van der Waals surface area contributed by atoms with Crippen molar-refractivity contribution >= 4 is 0 Å². The highest BCUT2D eigenvalue weighted by molar-refractivity contribution is 5.02. The molecule has 0 unspecified atom stereocenters. The Morgan fingerprint density at radius 2 is 0.800 bits per heavy atom.